The normalized spacial score (nSPS) is 23.4. The predicted octanol–water partition coefficient (Wildman–Crippen LogP) is 1.99. The van der Waals surface area contributed by atoms with E-state index in [0.29, 0.717) is 42.2 Å². The molecule has 1 fully saturated rings. The number of hydrogen-bond donors (Lipinski definition) is 0. The molecule has 2 aliphatic rings. The predicted molar refractivity (Wildman–Crippen MR) is 74.8 cm³/mol. The number of ether oxygens (including phenoxy) is 3. The fourth-order valence-corrected chi connectivity index (χ4v) is 3.09. The third-order valence-corrected chi connectivity index (χ3v) is 4.42. The van der Waals surface area contributed by atoms with E-state index in [0.717, 1.165) is 0 Å². The van der Waals surface area contributed by atoms with Gasteiger partial charge in [0.1, 0.15) is 11.9 Å². The zero-order valence-electron chi connectivity index (χ0n) is 11.4. The molecule has 114 valence electrons. The molecule has 0 spiro atoms. The van der Waals surface area contributed by atoms with Gasteiger partial charge in [-0.05, 0) is 23.9 Å². The minimum atomic E-state index is -0.452. The first kappa shape index (κ1) is 13.4. The Morgan fingerprint density at radius 3 is 2.82 bits per heavy atom. The molecular weight excluding hydrogens is 308 g/mol. The third kappa shape index (κ3) is 2.50. The van der Waals surface area contributed by atoms with Crippen molar-refractivity contribution in [3.05, 3.63) is 30.2 Å². The number of rotatable bonds is 3. The molecule has 3 heterocycles. The second-order valence-corrected chi connectivity index (χ2v) is 5.99. The molecule has 8 heteroatoms. The molecule has 0 bridgehead atoms. The van der Waals surface area contributed by atoms with E-state index >= 15 is 0 Å². The molecule has 7 nitrogen and oxygen atoms in total. The number of carbonyl (C=O) groups excluding carboxylic acids is 1. The Hall–Kier alpha value is -2.22. The lowest BCUT2D eigenvalue weighted by Gasteiger charge is -2.23. The summed E-state index contributed by atoms with van der Waals surface area (Å²) in [5.74, 6) is 1.44. The maximum Gasteiger partial charge on any atom is 0.319 e. The zero-order chi connectivity index (χ0) is 14.9. The molecule has 0 radical (unpaired) electrons. The number of benzene rings is 1. The molecular formula is C14H12N2O5S. The molecule has 1 aromatic heterocycles. The summed E-state index contributed by atoms with van der Waals surface area (Å²) in [6.45, 7) is 0.739. The van der Waals surface area contributed by atoms with Crippen LogP contribution >= 0.6 is 11.8 Å². The lowest BCUT2D eigenvalue weighted by Crippen LogP contribution is -2.21. The van der Waals surface area contributed by atoms with Gasteiger partial charge in [-0.15, -0.1) is 10.2 Å². The van der Waals surface area contributed by atoms with Crippen LogP contribution in [0.5, 0.6) is 11.5 Å². The molecule has 0 N–H and O–H groups in total. The van der Waals surface area contributed by atoms with Gasteiger partial charge in [-0.2, -0.15) is 0 Å². The summed E-state index contributed by atoms with van der Waals surface area (Å²) >= 11 is 1.22. The van der Waals surface area contributed by atoms with Gasteiger partial charge in [0.15, 0.2) is 11.5 Å². The van der Waals surface area contributed by atoms with Gasteiger partial charge in [0.25, 0.3) is 11.1 Å². The number of aromatic nitrogens is 2. The Balaban J connectivity index is 1.47. The molecule has 0 unspecified atom stereocenters. The number of esters is 1. The van der Waals surface area contributed by atoms with Crippen LogP contribution in [0.2, 0.25) is 0 Å². The molecule has 22 heavy (non-hydrogen) atoms. The van der Waals surface area contributed by atoms with Gasteiger partial charge in [-0.1, -0.05) is 12.1 Å². The van der Waals surface area contributed by atoms with Crippen LogP contribution in [0, 0.1) is 0 Å². The van der Waals surface area contributed by atoms with Crippen molar-refractivity contribution in [3.63, 3.8) is 0 Å². The number of hydrogen-bond acceptors (Lipinski definition) is 8. The first-order valence-electron chi connectivity index (χ1n) is 6.85. The van der Waals surface area contributed by atoms with Crippen molar-refractivity contribution < 1.29 is 23.4 Å². The van der Waals surface area contributed by atoms with Crippen molar-refractivity contribution in [1.82, 2.24) is 10.2 Å². The standard InChI is InChI=1S/C14H12N2O5S/c17-13-11(5-6-18-13)22-14-16-15-12(21-14)10-7-19-8-3-1-2-4-9(8)20-10/h1-4,10-11H,5-7H2/t10-,11+/m0/s1. The molecule has 1 aromatic carbocycles. The van der Waals surface area contributed by atoms with E-state index in [1.165, 1.54) is 11.8 Å². The number of thioether (sulfide) groups is 1. The van der Waals surface area contributed by atoms with E-state index in [2.05, 4.69) is 10.2 Å². The van der Waals surface area contributed by atoms with E-state index in [4.69, 9.17) is 18.6 Å². The van der Waals surface area contributed by atoms with Crippen molar-refractivity contribution >= 4 is 17.7 Å². The monoisotopic (exact) mass is 320 g/mol. The summed E-state index contributed by atoms with van der Waals surface area (Å²) in [6, 6.07) is 7.41. The average Bonchev–Trinajstić information content (AvgIpc) is 3.17. The molecule has 2 aromatic rings. The van der Waals surface area contributed by atoms with E-state index < -0.39 is 6.10 Å². The van der Waals surface area contributed by atoms with Crippen LogP contribution in [-0.2, 0) is 9.53 Å². The molecule has 0 amide bonds. The molecule has 2 aliphatic heterocycles. The maximum absolute atomic E-state index is 11.4. The minimum absolute atomic E-state index is 0.240. The molecule has 0 aliphatic carbocycles. The summed E-state index contributed by atoms with van der Waals surface area (Å²) in [4.78, 5) is 11.4. The van der Waals surface area contributed by atoms with Crippen LogP contribution in [0.15, 0.2) is 33.9 Å². The van der Waals surface area contributed by atoms with Gasteiger partial charge in [-0.3, -0.25) is 4.79 Å². The van der Waals surface area contributed by atoms with Gasteiger partial charge in [0, 0.05) is 6.42 Å². The third-order valence-electron chi connectivity index (χ3n) is 3.34. The summed E-state index contributed by atoms with van der Waals surface area (Å²) in [5, 5.41) is 7.99. The molecule has 0 saturated carbocycles. The molecule has 1 saturated heterocycles. The SMILES string of the molecule is O=C1OCC[C@H]1Sc1nnc([C@@H]2COc3ccccc3O2)o1. The van der Waals surface area contributed by atoms with E-state index in [9.17, 15) is 4.79 Å². The van der Waals surface area contributed by atoms with Gasteiger partial charge in [-0.25, -0.2) is 0 Å². The highest BCUT2D eigenvalue weighted by Crippen LogP contribution is 2.36. The number of para-hydroxylation sites is 2. The number of carbonyl (C=O) groups is 1. The second kappa shape index (κ2) is 5.53. The van der Waals surface area contributed by atoms with Crippen molar-refractivity contribution in [2.45, 2.75) is 23.0 Å². The number of nitrogens with zero attached hydrogens (tertiary/aromatic N) is 2. The number of fused-ring (bicyclic) bond motifs is 1. The molecule has 4 rings (SSSR count). The maximum atomic E-state index is 11.4. The van der Waals surface area contributed by atoms with Crippen molar-refractivity contribution in [3.8, 4) is 11.5 Å². The first-order chi connectivity index (χ1) is 10.8. The Labute approximate surface area is 129 Å². The fourth-order valence-electron chi connectivity index (χ4n) is 2.25. The highest BCUT2D eigenvalue weighted by atomic mass is 32.2. The zero-order valence-corrected chi connectivity index (χ0v) is 12.2. The van der Waals surface area contributed by atoms with Crippen LogP contribution in [0.4, 0.5) is 0 Å². The topological polar surface area (TPSA) is 83.7 Å². The van der Waals surface area contributed by atoms with Gasteiger partial charge >= 0.3 is 5.97 Å². The quantitative estimate of drug-likeness (QED) is 0.794. The van der Waals surface area contributed by atoms with Gasteiger partial charge < -0.3 is 18.6 Å². The van der Waals surface area contributed by atoms with E-state index in [1.807, 2.05) is 24.3 Å². The van der Waals surface area contributed by atoms with Crippen molar-refractivity contribution in [2.75, 3.05) is 13.2 Å². The summed E-state index contributed by atoms with van der Waals surface area (Å²) in [5.41, 5.74) is 0. The van der Waals surface area contributed by atoms with Crippen molar-refractivity contribution in [1.29, 1.82) is 0 Å². The number of cyclic esters (lactones) is 1. The lowest BCUT2D eigenvalue weighted by atomic mass is 10.2. The highest BCUT2D eigenvalue weighted by Gasteiger charge is 2.31. The second-order valence-electron chi connectivity index (χ2n) is 4.83. The van der Waals surface area contributed by atoms with E-state index in [-0.39, 0.29) is 11.2 Å². The van der Waals surface area contributed by atoms with Gasteiger partial charge in [0.05, 0.1) is 6.61 Å². The van der Waals surface area contributed by atoms with Gasteiger partial charge in [0.2, 0.25) is 6.10 Å². The smallest absolute Gasteiger partial charge is 0.319 e. The fraction of sp³-hybridized carbons (Fsp3) is 0.357. The Morgan fingerprint density at radius 1 is 1.14 bits per heavy atom. The summed E-state index contributed by atoms with van der Waals surface area (Å²) in [6.07, 6.45) is 0.199. The molecule has 2 atom stereocenters. The summed E-state index contributed by atoms with van der Waals surface area (Å²) < 4.78 is 21.9. The minimum Gasteiger partial charge on any atom is -0.485 e. The summed E-state index contributed by atoms with van der Waals surface area (Å²) in [7, 11) is 0. The van der Waals surface area contributed by atoms with Crippen LogP contribution in [0.1, 0.15) is 18.4 Å². The van der Waals surface area contributed by atoms with Crippen LogP contribution in [-0.4, -0.2) is 34.6 Å². The highest BCUT2D eigenvalue weighted by molar-refractivity contribution is 8.00. The largest absolute Gasteiger partial charge is 0.485 e. The first-order valence-corrected chi connectivity index (χ1v) is 7.73. The van der Waals surface area contributed by atoms with Crippen LogP contribution in [0.25, 0.3) is 0 Å². The Kier molecular flexibility index (Phi) is 3.38. The Morgan fingerprint density at radius 2 is 2.00 bits per heavy atom. The van der Waals surface area contributed by atoms with Crippen LogP contribution in [0.3, 0.4) is 0 Å². The van der Waals surface area contributed by atoms with Crippen LogP contribution < -0.4 is 9.47 Å². The van der Waals surface area contributed by atoms with Crippen molar-refractivity contribution in [2.24, 2.45) is 0 Å². The van der Waals surface area contributed by atoms with E-state index in [1.54, 1.807) is 0 Å². The lowest BCUT2D eigenvalue weighted by molar-refractivity contribution is -0.137. The Bertz CT molecular complexity index is 704. The average molecular weight is 320 g/mol.